The minimum atomic E-state index is -0.459. The van der Waals surface area contributed by atoms with Crippen LogP contribution in [-0.2, 0) is 161 Å². The van der Waals surface area contributed by atoms with Crippen LogP contribution in [0, 0.1) is 78.8 Å². The number of hydrogen-bond donors (Lipinski definition) is 2. The van der Waals surface area contributed by atoms with Crippen molar-refractivity contribution in [1.29, 1.82) is 0 Å². The van der Waals surface area contributed by atoms with E-state index in [4.69, 9.17) is 11.5 Å². The van der Waals surface area contributed by atoms with Crippen LogP contribution >= 0.6 is 0 Å². The van der Waals surface area contributed by atoms with Gasteiger partial charge in [0.15, 0.2) is 5.69 Å². The van der Waals surface area contributed by atoms with Crippen molar-refractivity contribution in [3.8, 4) is 0 Å². The molecule has 0 atom stereocenters. The van der Waals surface area contributed by atoms with Crippen LogP contribution in [0.2, 0.25) is 0 Å². The van der Waals surface area contributed by atoms with Gasteiger partial charge in [-0.3, -0.25) is 10.1 Å². The Bertz CT molecular complexity index is 742. The molecule has 3 aromatic carbocycles. The molecule has 11 heteroatoms. The Morgan fingerprint density at radius 2 is 0.895 bits per heavy atom. The van der Waals surface area contributed by atoms with Gasteiger partial charge in [-0.25, -0.2) is 0 Å². The number of rotatable bonds is 1. The summed E-state index contributed by atoms with van der Waals surface area (Å²) in [7, 11) is 0. The van der Waals surface area contributed by atoms with Crippen LogP contribution in [0.3, 0.4) is 0 Å². The molecule has 0 aliphatic carbocycles. The number of nitro benzene ring substituents is 1. The monoisotopic (exact) mass is 1260 g/mol. The molecule has 0 aromatic heterocycles. The van der Waals surface area contributed by atoms with Crippen molar-refractivity contribution < 1.29 is 166 Å². The number of non-ortho nitro benzene ring substituents is 1. The molecule has 0 heterocycles. The Kier molecular flexibility index (Phi) is 87.6. The predicted molar refractivity (Wildman–Crippen MR) is 143 cm³/mol. The van der Waals surface area contributed by atoms with Crippen molar-refractivity contribution >= 4 is 17.1 Å². The molecule has 0 saturated heterocycles. The maximum absolute atomic E-state index is 10.1. The van der Waals surface area contributed by atoms with Crippen LogP contribution in [-0.4, -0.2) is 4.92 Å². The van der Waals surface area contributed by atoms with Crippen molar-refractivity contribution in [2.45, 2.75) is 34.6 Å². The molecule has 38 heavy (non-hydrogen) atoms. The molecule has 0 amide bonds. The van der Waals surface area contributed by atoms with Gasteiger partial charge in [-0.05, 0) is 0 Å². The van der Waals surface area contributed by atoms with E-state index in [1.54, 1.807) is 12.1 Å². The van der Waals surface area contributed by atoms with Gasteiger partial charge >= 0.3 is 21.1 Å². The van der Waals surface area contributed by atoms with E-state index in [0.717, 1.165) is 5.56 Å². The second-order valence-corrected chi connectivity index (χ2v) is 5.65. The largest absolute Gasteiger partial charge is 2.00 e. The van der Waals surface area contributed by atoms with Gasteiger partial charge in [0.05, 0.1) is 0 Å². The van der Waals surface area contributed by atoms with Crippen LogP contribution in [0.15, 0.2) is 54.6 Å². The maximum atomic E-state index is 10.1. The van der Waals surface area contributed by atoms with E-state index in [9.17, 15) is 10.1 Å². The summed E-state index contributed by atoms with van der Waals surface area (Å²) in [5.74, 6) is 0. The maximum Gasteiger partial charge on any atom is 2.00 e. The first-order chi connectivity index (χ1) is 13.3. The molecule has 0 fully saturated rings. The third kappa shape index (κ3) is 40.2. The third-order valence-corrected chi connectivity index (χ3v) is 3.13. The number of nitrogens with two attached hydrogens (primary N) is 2. The zero-order chi connectivity index (χ0) is 21.5. The Morgan fingerprint density at radius 1 is 0.632 bits per heavy atom. The first kappa shape index (κ1) is 72.4. The van der Waals surface area contributed by atoms with E-state index in [2.05, 4.69) is 18.2 Å². The molecule has 5 nitrogen and oxygen atoms in total. The number of aryl methyl sites for hydroxylation is 3. The first-order valence-electron chi connectivity index (χ1n) is 8.88. The topological polar surface area (TPSA) is 95.2 Å². The second-order valence-electron chi connectivity index (χ2n) is 5.65. The SMILES string of the molecule is CC.Cc1c[c-]c(N)cc1.Cc1c[c-]c(N)cc1.Cc1c[c-]c([N+](=O)[O-])cc1.[CH3-].[CH3-].[CH3-].[CH3-].[W+2].[W].[W].[Y].[Y].[Y]. The van der Waals surface area contributed by atoms with Gasteiger partial charge in [-0.2, -0.15) is 65.2 Å². The van der Waals surface area contributed by atoms with Crippen molar-refractivity contribution in [2.24, 2.45) is 0 Å². The molecule has 0 aliphatic rings. The quantitative estimate of drug-likeness (QED) is 0.116. The summed E-state index contributed by atoms with van der Waals surface area (Å²) in [5, 5.41) is 10.1. The molecule has 0 bridgehead atoms. The summed E-state index contributed by atoms with van der Waals surface area (Å²) in [5.41, 5.74) is 15.5. The van der Waals surface area contributed by atoms with Gasteiger partial charge in [-0.1, -0.05) is 52.1 Å². The third-order valence-electron chi connectivity index (χ3n) is 3.13. The smallest absolute Gasteiger partial charge is 0.420 e. The molecule has 0 saturated carbocycles. The fraction of sp³-hybridized carbons (Fsp3) is 0.185. The van der Waals surface area contributed by atoms with Crippen LogP contribution in [0.1, 0.15) is 30.5 Å². The van der Waals surface area contributed by atoms with Crippen molar-refractivity contribution in [2.75, 3.05) is 11.5 Å². The Balaban J connectivity index is -0.0000000275. The Hall–Kier alpha value is 2.04. The fourth-order valence-electron chi connectivity index (χ4n) is 1.64. The predicted octanol–water partition coefficient (Wildman–Crippen LogP) is 7.27. The molecule has 3 radical (unpaired) electrons. The minimum Gasteiger partial charge on any atom is -0.420 e. The molecule has 3 rings (SSSR count). The summed E-state index contributed by atoms with van der Waals surface area (Å²) in [6.45, 7) is 9.88. The normalized spacial score (nSPS) is 6.45. The van der Waals surface area contributed by atoms with E-state index in [1.165, 1.54) is 17.2 Å². The molecular weight excluding hydrogens is 1220 g/mol. The summed E-state index contributed by atoms with van der Waals surface area (Å²) < 4.78 is 0. The molecule has 0 spiro atoms. The van der Waals surface area contributed by atoms with Gasteiger partial charge in [0.1, 0.15) is 0 Å². The van der Waals surface area contributed by atoms with Crippen LogP contribution < -0.4 is 11.5 Å². The summed E-state index contributed by atoms with van der Waals surface area (Å²) in [6.07, 6.45) is 0. The molecular formula is C27H40N3O2W3Y3-5. The second kappa shape index (κ2) is 46.0. The average Bonchev–Trinajstić information content (AvgIpc) is 2.69. The number of hydrogen-bond acceptors (Lipinski definition) is 4. The fourth-order valence-corrected chi connectivity index (χ4v) is 1.64. The number of benzene rings is 3. The van der Waals surface area contributed by atoms with E-state index in [1.807, 2.05) is 71.0 Å². The van der Waals surface area contributed by atoms with Crippen molar-refractivity contribution in [1.82, 2.24) is 0 Å². The van der Waals surface area contributed by atoms with Gasteiger partial charge in [0.2, 0.25) is 0 Å². The molecule has 3 aromatic rings. The van der Waals surface area contributed by atoms with Crippen molar-refractivity contribution in [3.05, 3.63) is 129 Å². The van der Waals surface area contributed by atoms with Gasteiger partial charge in [0.25, 0.3) is 0 Å². The molecule has 207 valence electrons. The number of nitrogens with zero attached hydrogens (tertiary/aromatic N) is 1. The number of anilines is 2. The Morgan fingerprint density at radius 3 is 1.05 bits per heavy atom. The van der Waals surface area contributed by atoms with Gasteiger partial charge < -0.3 is 41.2 Å². The van der Waals surface area contributed by atoms with Crippen LogP contribution in [0.4, 0.5) is 17.1 Å². The van der Waals surface area contributed by atoms with E-state index in [-0.39, 0.29) is 197 Å². The van der Waals surface area contributed by atoms with Crippen LogP contribution in [0.5, 0.6) is 0 Å². The summed E-state index contributed by atoms with van der Waals surface area (Å²) >= 11 is 0. The minimum absolute atomic E-state index is 0. The van der Waals surface area contributed by atoms with E-state index >= 15 is 0 Å². The molecule has 0 aliphatic heterocycles. The van der Waals surface area contributed by atoms with E-state index in [0.29, 0.717) is 11.4 Å². The summed E-state index contributed by atoms with van der Waals surface area (Å²) in [6, 6.07) is 24.4. The number of nitro groups is 1. The molecule has 4 N–H and O–H groups in total. The summed E-state index contributed by atoms with van der Waals surface area (Å²) in [4.78, 5) is 9.63. The van der Waals surface area contributed by atoms with Crippen LogP contribution in [0.25, 0.3) is 0 Å². The first-order valence-corrected chi connectivity index (χ1v) is 8.88. The standard InChI is InChI=1S/C7H6NO2.2C7H8N.C2H6.4CH3.3W.3Y/c1-6-2-4-7(5-3-6)8(9)10;2*1-6-2-4-7(8)5-3-6;1-2;;;;;;;;;;/h2-4H,1H3;2*2-4H,8H2,1H3;1-2H3;4*1H3;;;;;;/q3*-1;;4*-1;;;+2;;;. The molecule has 0 unspecified atom stereocenters. The van der Waals surface area contributed by atoms with Gasteiger partial charge in [0, 0.05) is 145 Å². The van der Waals surface area contributed by atoms with Gasteiger partial charge in [-0.15, -0.1) is 18.2 Å². The average molecular weight is 1260 g/mol. The van der Waals surface area contributed by atoms with Crippen molar-refractivity contribution in [3.63, 3.8) is 0 Å². The number of nitrogen functional groups attached to an aromatic ring is 2. The zero-order valence-electron chi connectivity index (χ0n) is 24.1. The Labute approximate surface area is 353 Å². The van der Waals surface area contributed by atoms with E-state index < -0.39 is 4.92 Å². The zero-order valence-corrected chi connectivity index (χ0v) is 41.4.